The monoisotopic (exact) mass is 407 g/mol. The first-order valence-electron chi connectivity index (χ1n) is 9.67. The third-order valence-corrected chi connectivity index (χ3v) is 8.30. The van der Waals surface area contributed by atoms with E-state index in [-0.39, 0.29) is 11.0 Å². The maximum Gasteiger partial charge on any atom is 0.163 e. The largest absolute Gasteiger partial charge is 0.496 e. The third-order valence-electron chi connectivity index (χ3n) is 5.07. The summed E-state index contributed by atoms with van der Waals surface area (Å²) in [6, 6.07) is 18.2. The maximum absolute atomic E-state index is 6.53. The molecule has 0 radical (unpaired) electrons. The first-order chi connectivity index (χ1) is 14.0. The van der Waals surface area contributed by atoms with Gasteiger partial charge in [-0.05, 0) is 43.4 Å². The Hall–Kier alpha value is -2.58. The fraction of sp³-hybridized carbons (Fsp3) is 0.292. The lowest BCUT2D eigenvalue weighted by atomic mass is 10.0. The molecule has 5 heteroatoms. The SMILES string of the molecule is COc1cccc(OC)c1-c1cccc2c1[P@@](C(C)(C)C)[C@@H](c1ccccn1)O2. The number of hydrogen-bond donors (Lipinski definition) is 0. The van der Waals surface area contributed by atoms with Gasteiger partial charge in [0.1, 0.15) is 17.2 Å². The van der Waals surface area contributed by atoms with Crippen LogP contribution in [0.25, 0.3) is 11.1 Å². The van der Waals surface area contributed by atoms with Gasteiger partial charge in [0.25, 0.3) is 0 Å². The highest BCUT2D eigenvalue weighted by Gasteiger charge is 2.45. The van der Waals surface area contributed by atoms with Crippen LogP contribution in [0, 0.1) is 0 Å². The van der Waals surface area contributed by atoms with Crippen molar-refractivity contribution in [2.45, 2.75) is 31.8 Å². The van der Waals surface area contributed by atoms with Crippen molar-refractivity contribution in [3.63, 3.8) is 0 Å². The summed E-state index contributed by atoms with van der Waals surface area (Å²) in [5.41, 5.74) is 3.05. The van der Waals surface area contributed by atoms with Crippen LogP contribution < -0.4 is 19.5 Å². The minimum Gasteiger partial charge on any atom is -0.496 e. The van der Waals surface area contributed by atoms with Gasteiger partial charge in [0, 0.05) is 17.1 Å². The number of aromatic nitrogens is 1. The normalized spacial score (nSPS) is 18.1. The summed E-state index contributed by atoms with van der Waals surface area (Å²) in [5, 5.41) is 1.27. The molecule has 0 unspecified atom stereocenters. The van der Waals surface area contributed by atoms with Crippen molar-refractivity contribution in [1.82, 2.24) is 4.98 Å². The van der Waals surface area contributed by atoms with Crippen LogP contribution in [-0.4, -0.2) is 24.4 Å². The van der Waals surface area contributed by atoms with Gasteiger partial charge in [0.05, 0.1) is 25.5 Å². The topological polar surface area (TPSA) is 40.6 Å². The number of pyridine rings is 1. The second kappa shape index (κ2) is 7.68. The minimum atomic E-state index is -0.717. The smallest absolute Gasteiger partial charge is 0.163 e. The first-order valence-corrected chi connectivity index (χ1v) is 11.1. The van der Waals surface area contributed by atoms with Gasteiger partial charge in [-0.2, -0.15) is 0 Å². The highest BCUT2D eigenvalue weighted by Crippen LogP contribution is 2.66. The second-order valence-electron chi connectivity index (χ2n) is 7.96. The Bertz CT molecular complexity index is 992. The number of ether oxygens (including phenoxy) is 3. The minimum absolute atomic E-state index is 0.0219. The lowest BCUT2D eigenvalue weighted by Gasteiger charge is -2.32. The van der Waals surface area contributed by atoms with E-state index in [0.29, 0.717) is 0 Å². The van der Waals surface area contributed by atoms with Gasteiger partial charge in [0.15, 0.2) is 5.85 Å². The molecule has 0 aliphatic carbocycles. The van der Waals surface area contributed by atoms with Crippen LogP contribution in [0.3, 0.4) is 0 Å². The van der Waals surface area contributed by atoms with Crippen LogP contribution in [-0.2, 0) is 0 Å². The lowest BCUT2D eigenvalue weighted by Crippen LogP contribution is -2.21. The molecule has 0 bridgehead atoms. The Morgan fingerprint density at radius 2 is 1.59 bits per heavy atom. The zero-order valence-corrected chi connectivity index (χ0v) is 18.4. The molecule has 0 N–H and O–H groups in total. The van der Waals surface area contributed by atoms with E-state index in [1.54, 1.807) is 14.2 Å². The van der Waals surface area contributed by atoms with Crippen molar-refractivity contribution in [1.29, 1.82) is 0 Å². The Labute approximate surface area is 173 Å². The van der Waals surface area contributed by atoms with Gasteiger partial charge >= 0.3 is 0 Å². The van der Waals surface area contributed by atoms with Gasteiger partial charge < -0.3 is 14.2 Å². The van der Waals surface area contributed by atoms with E-state index in [4.69, 9.17) is 14.2 Å². The molecule has 0 amide bonds. The van der Waals surface area contributed by atoms with Crippen molar-refractivity contribution in [3.8, 4) is 28.4 Å². The van der Waals surface area contributed by atoms with E-state index in [1.165, 1.54) is 5.30 Å². The summed E-state index contributed by atoms with van der Waals surface area (Å²) in [6.45, 7) is 6.84. The molecule has 1 aliphatic heterocycles. The number of hydrogen-bond acceptors (Lipinski definition) is 4. The lowest BCUT2D eigenvalue weighted by molar-refractivity contribution is 0.295. The number of benzene rings is 2. The van der Waals surface area contributed by atoms with E-state index in [9.17, 15) is 0 Å². The Morgan fingerprint density at radius 3 is 2.17 bits per heavy atom. The summed E-state index contributed by atoms with van der Waals surface area (Å²) in [7, 11) is 2.67. The molecular weight excluding hydrogens is 381 g/mol. The van der Waals surface area contributed by atoms with Crippen molar-refractivity contribution >= 4 is 13.2 Å². The van der Waals surface area contributed by atoms with Crippen molar-refractivity contribution < 1.29 is 14.2 Å². The predicted octanol–water partition coefficient (Wildman–Crippen LogP) is 5.76. The molecule has 150 valence electrons. The zero-order chi connectivity index (χ0) is 20.6. The molecule has 3 aromatic rings. The molecular formula is C24H26NO3P. The number of nitrogens with zero attached hydrogens (tertiary/aromatic N) is 1. The van der Waals surface area contributed by atoms with E-state index < -0.39 is 7.92 Å². The van der Waals surface area contributed by atoms with Gasteiger partial charge in [-0.25, -0.2) is 0 Å². The average molecular weight is 407 g/mol. The molecule has 0 fully saturated rings. The molecule has 1 aromatic heterocycles. The number of rotatable bonds is 4. The molecule has 0 saturated heterocycles. The third kappa shape index (κ3) is 3.47. The van der Waals surface area contributed by atoms with Crippen LogP contribution in [0.1, 0.15) is 32.3 Å². The number of methoxy groups -OCH3 is 2. The van der Waals surface area contributed by atoms with Gasteiger partial charge in [0.2, 0.25) is 0 Å². The molecule has 2 heterocycles. The van der Waals surface area contributed by atoms with Crippen molar-refractivity contribution in [2.75, 3.05) is 14.2 Å². The first kappa shape index (κ1) is 19.7. The molecule has 2 atom stereocenters. The molecule has 29 heavy (non-hydrogen) atoms. The van der Waals surface area contributed by atoms with E-state index in [0.717, 1.165) is 34.1 Å². The summed E-state index contributed by atoms with van der Waals surface area (Å²) < 4.78 is 17.9. The summed E-state index contributed by atoms with van der Waals surface area (Å²) in [6.07, 6.45) is 1.84. The summed E-state index contributed by atoms with van der Waals surface area (Å²) in [4.78, 5) is 4.62. The van der Waals surface area contributed by atoms with Crippen LogP contribution >= 0.6 is 7.92 Å². The molecule has 0 saturated carbocycles. The average Bonchev–Trinajstić information content (AvgIpc) is 3.14. The van der Waals surface area contributed by atoms with Gasteiger partial charge in [-0.1, -0.05) is 45.0 Å². The van der Waals surface area contributed by atoms with Crippen LogP contribution in [0.2, 0.25) is 0 Å². The number of fused-ring (bicyclic) bond motifs is 1. The quantitative estimate of drug-likeness (QED) is 0.516. The van der Waals surface area contributed by atoms with Crippen LogP contribution in [0.5, 0.6) is 17.2 Å². The predicted molar refractivity (Wildman–Crippen MR) is 119 cm³/mol. The van der Waals surface area contributed by atoms with E-state index in [2.05, 4.69) is 44.0 Å². The van der Waals surface area contributed by atoms with Crippen LogP contribution in [0.4, 0.5) is 0 Å². The zero-order valence-electron chi connectivity index (χ0n) is 17.5. The highest BCUT2D eigenvalue weighted by atomic mass is 31.1. The van der Waals surface area contributed by atoms with E-state index >= 15 is 0 Å². The van der Waals surface area contributed by atoms with Crippen molar-refractivity contribution in [2.24, 2.45) is 0 Å². The molecule has 4 nitrogen and oxygen atoms in total. The van der Waals surface area contributed by atoms with Gasteiger partial charge in [-0.3, -0.25) is 4.98 Å². The summed E-state index contributed by atoms with van der Waals surface area (Å²) >= 11 is 0. The molecule has 2 aromatic carbocycles. The summed E-state index contributed by atoms with van der Waals surface area (Å²) in [5.74, 6) is 2.43. The Morgan fingerprint density at radius 1 is 0.897 bits per heavy atom. The fourth-order valence-corrected chi connectivity index (χ4v) is 6.93. The maximum atomic E-state index is 6.53. The highest BCUT2D eigenvalue weighted by molar-refractivity contribution is 7.68. The fourth-order valence-electron chi connectivity index (χ4n) is 3.88. The standard InChI is InChI=1S/C24H26NO3P/c1-24(2,3)29-22-16(21-18(26-4)12-9-13-19(21)27-5)10-8-14-20(22)28-23(29)17-11-6-7-15-25-17/h6-15,23H,1-5H3/t23-,29+/m0/s1. The van der Waals surface area contributed by atoms with E-state index in [1.807, 2.05) is 42.6 Å². The second-order valence-corrected chi connectivity index (χ2v) is 11.0. The Balaban J connectivity index is 1.96. The van der Waals surface area contributed by atoms with Crippen LogP contribution in [0.15, 0.2) is 60.8 Å². The molecule has 0 spiro atoms. The molecule has 1 aliphatic rings. The Kier molecular flexibility index (Phi) is 5.23. The van der Waals surface area contributed by atoms with Gasteiger partial charge in [-0.15, -0.1) is 0 Å². The van der Waals surface area contributed by atoms with Crippen molar-refractivity contribution in [3.05, 3.63) is 66.5 Å². The molecule has 4 rings (SSSR count).